The summed E-state index contributed by atoms with van der Waals surface area (Å²) < 4.78 is 25.5. The van der Waals surface area contributed by atoms with E-state index in [1.165, 1.54) is 0 Å². The van der Waals surface area contributed by atoms with E-state index in [0.717, 1.165) is 12.2 Å². The predicted octanol–water partition coefficient (Wildman–Crippen LogP) is -1.00. The Morgan fingerprint density at radius 3 is 2.36 bits per heavy atom. The van der Waals surface area contributed by atoms with E-state index >= 15 is 0 Å². The zero-order valence-electron chi connectivity index (χ0n) is 7.76. The smallest absolute Gasteiger partial charge is 0.201 e. The normalized spacial score (nSPS) is 15.5. The summed E-state index contributed by atoms with van der Waals surface area (Å²) in [5.74, 6) is -0.520. The van der Waals surface area contributed by atoms with Crippen molar-refractivity contribution in [1.29, 1.82) is 0 Å². The second-order valence-corrected chi connectivity index (χ2v) is 2.87. The largest absolute Gasteiger partial charge is 1.00 e. The number of rotatable bonds is 2. The van der Waals surface area contributed by atoms with Crippen molar-refractivity contribution in [1.82, 2.24) is 4.90 Å². The predicted molar refractivity (Wildman–Crippen MR) is 43.7 cm³/mol. The van der Waals surface area contributed by atoms with E-state index in [2.05, 4.69) is 5.73 Å². The fraction of sp³-hybridized carbons (Fsp3) is 0.333. The van der Waals surface area contributed by atoms with Crippen LogP contribution in [0.4, 0.5) is 8.78 Å². The van der Waals surface area contributed by atoms with Crippen LogP contribution in [0.3, 0.4) is 0 Å². The molecule has 0 heterocycles. The molecule has 0 bridgehead atoms. The molecule has 0 amide bonds. The van der Waals surface area contributed by atoms with Crippen LogP contribution in [0.25, 0.3) is 0 Å². The maximum Gasteiger partial charge on any atom is 0.201 e. The average molecular weight is 312 g/mol. The van der Waals surface area contributed by atoms with Gasteiger partial charge in [0.15, 0.2) is 5.83 Å². The maximum atomic E-state index is 12.9. The van der Waals surface area contributed by atoms with Gasteiger partial charge >= 0.3 is 0 Å². The first-order chi connectivity index (χ1) is 5.59. The third-order valence-corrected chi connectivity index (χ3v) is 1.41. The van der Waals surface area contributed by atoms with E-state index in [0.29, 0.717) is 6.54 Å². The van der Waals surface area contributed by atoms with Gasteiger partial charge in [0.2, 0.25) is 6.17 Å². The fourth-order valence-corrected chi connectivity index (χ4v) is 0.924. The molecule has 0 aromatic heterocycles. The molecule has 0 saturated carbocycles. The van der Waals surface area contributed by atoms with Gasteiger partial charge in [0, 0.05) is 32.5 Å². The third kappa shape index (κ3) is 5.05. The molecule has 0 aromatic carbocycles. The molecule has 14 heavy (non-hydrogen) atoms. The second-order valence-electron chi connectivity index (χ2n) is 2.87. The van der Waals surface area contributed by atoms with Crippen molar-refractivity contribution in [3.8, 4) is 0 Å². The molecule has 1 radical (unpaired) electrons. The number of nitrogens with zero attached hydrogens (tertiary/aromatic N) is 1. The minimum atomic E-state index is -0.520. The summed E-state index contributed by atoms with van der Waals surface area (Å²) in [6.45, 7) is 0.365. The summed E-state index contributed by atoms with van der Waals surface area (Å²) in [6, 6.07) is 0. The van der Waals surface area contributed by atoms with Crippen LogP contribution in [-0.4, -0.2) is 25.5 Å². The number of hydrogen-bond donors (Lipinski definition) is 0. The van der Waals surface area contributed by atoms with Gasteiger partial charge in [0.25, 0.3) is 0 Å². The van der Waals surface area contributed by atoms with Crippen LogP contribution in [0.1, 0.15) is 0 Å². The van der Waals surface area contributed by atoms with Gasteiger partial charge in [-0.25, -0.2) is 4.39 Å². The van der Waals surface area contributed by atoms with E-state index < -0.39 is 12.0 Å². The van der Waals surface area contributed by atoms with E-state index in [9.17, 15) is 8.78 Å². The Kier molecular flexibility index (Phi) is 8.63. The van der Waals surface area contributed by atoms with Gasteiger partial charge in [0.05, 0.1) is 0 Å². The molecular weight excluding hydrogens is 302 g/mol. The van der Waals surface area contributed by atoms with Crippen LogP contribution in [0.2, 0.25) is 0 Å². The molecular formula is C9H10ClF2NPd-. The molecule has 1 aliphatic carbocycles. The summed E-state index contributed by atoms with van der Waals surface area (Å²) in [7, 11) is 3.58. The SMILES string of the molecule is CN(C)CC1=C=C(F)C=C[C]1F.[Cl-].[Pd]. The molecule has 1 rings (SSSR count). The van der Waals surface area contributed by atoms with Gasteiger partial charge < -0.3 is 17.3 Å². The Labute approximate surface area is 103 Å². The van der Waals surface area contributed by atoms with Gasteiger partial charge in [-0.2, -0.15) is 4.39 Å². The van der Waals surface area contributed by atoms with E-state index in [4.69, 9.17) is 0 Å². The van der Waals surface area contributed by atoms with E-state index in [1.54, 1.807) is 19.0 Å². The van der Waals surface area contributed by atoms with Crippen molar-refractivity contribution in [2.75, 3.05) is 20.6 Å². The van der Waals surface area contributed by atoms with Gasteiger partial charge in [-0.15, -0.1) is 0 Å². The first-order valence-corrected chi connectivity index (χ1v) is 3.60. The molecule has 1 aliphatic rings. The van der Waals surface area contributed by atoms with Crippen LogP contribution >= 0.6 is 0 Å². The number of halogens is 3. The summed E-state index contributed by atoms with van der Waals surface area (Å²) in [5, 5.41) is 0. The van der Waals surface area contributed by atoms with Gasteiger partial charge in [-0.3, -0.25) is 0 Å². The minimum Gasteiger partial charge on any atom is -1.00 e. The van der Waals surface area contributed by atoms with Crippen molar-refractivity contribution < 1.29 is 41.6 Å². The Bertz CT molecular complexity index is 270. The summed E-state index contributed by atoms with van der Waals surface area (Å²) in [6.07, 6.45) is 1.77. The van der Waals surface area contributed by atoms with Crippen molar-refractivity contribution in [2.24, 2.45) is 0 Å². The minimum absolute atomic E-state index is 0. The quantitative estimate of drug-likeness (QED) is 0.467. The van der Waals surface area contributed by atoms with Crippen molar-refractivity contribution >= 4 is 0 Å². The molecule has 5 heteroatoms. The Morgan fingerprint density at radius 2 is 1.86 bits per heavy atom. The van der Waals surface area contributed by atoms with E-state index in [1.807, 2.05) is 0 Å². The molecule has 0 aromatic rings. The number of allylic oxidation sites excluding steroid dienone is 2. The first-order valence-electron chi connectivity index (χ1n) is 3.60. The van der Waals surface area contributed by atoms with Crippen LogP contribution < -0.4 is 12.4 Å². The molecule has 0 N–H and O–H groups in total. The molecule has 1 nitrogen and oxygen atoms in total. The molecule has 0 aliphatic heterocycles. The zero-order valence-corrected chi connectivity index (χ0v) is 10.1. The monoisotopic (exact) mass is 311 g/mol. The van der Waals surface area contributed by atoms with Gasteiger partial charge in [0.1, 0.15) is 0 Å². The van der Waals surface area contributed by atoms with Crippen LogP contribution in [-0.2, 0) is 20.4 Å². The fourth-order valence-electron chi connectivity index (χ4n) is 0.924. The Balaban J connectivity index is 0. The zero-order chi connectivity index (χ0) is 9.14. The standard InChI is InChI=1S/C9H10F2N.ClH.Pd/c1-12(2)6-7-5-8(10)3-4-9(7)11;;/h3-4H,6H2,1-2H3;1H;/p-1. The number of likely N-dealkylation sites (N-methyl/N-ethyl adjacent to an activating group) is 1. The summed E-state index contributed by atoms with van der Waals surface area (Å²) in [5.41, 5.74) is 2.59. The molecule has 0 atom stereocenters. The molecule has 0 spiro atoms. The molecule has 83 valence electrons. The topological polar surface area (TPSA) is 3.24 Å². The van der Waals surface area contributed by atoms with E-state index in [-0.39, 0.29) is 38.4 Å². The van der Waals surface area contributed by atoms with Crippen LogP contribution in [0.15, 0.2) is 29.3 Å². The van der Waals surface area contributed by atoms with Crippen LogP contribution in [0, 0.1) is 6.17 Å². The Morgan fingerprint density at radius 1 is 1.29 bits per heavy atom. The Hall–Kier alpha value is 0.0323. The second kappa shape index (κ2) is 7.34. The van der Waals surface area contributed by atoms with Crippen LogP contribution in [0.5, 0.6) is 0 Å². The van der Waals surface area contributed by atoms with Gasteiger partial charge in [-0.1, -0.05) is 5.73 Å². The molecule has 0 saturated heterocycles. The average Bonchev–Trinajstić information content (AvgIpc) is 1.96. The summed E-state index contributed by atoms with van der Waals surface area (Å²) in [4.78, 5) is 1.76. The van der Waals surface area contributed by atoms with Crippen molar-refractivity contribution in [3.05, 3.63) is 35.5 Å². The summed E-state index contributed by atoms with van der Waals surface area (Å²) >= 11 is 0. The molecule has 0 fully saturated rings. The van der Waals surface area contributed by atoms with Crippen molar-refractivity contribution in [2.45, 2.75) is 0 Å². The van der Waals surface area contributed by atoms with Gasteiger partial charge in [-0.05, 0) is 26.2 Å². The maximum absolute atomic E-state index is 12.9. The third-order valence-electron chi connectivity index (χ3n) is 1.41. The first kappa shape index (κ1) is 16.5. The number of hydrogen-bond acceptors (Lipinski definition) is 1. The van der Waals surface area contributed by atoms with Crippen molar-refractivity contribution in [3.63, 3.8) is 0 Å². The molecule has 0 unspecified atom stereocenters.